The van der Waals surface area contributed by atoms with Gasteiger partial charge >= 0.3 is 6.03 Å². The molecule has 2 aliphatic heterocycles. The molecule has 0 atom stereocenters. The van der Waals surface area contributed by atoms with Crippen molar-refractivity contribution in [3.05, 3.63) is 35.4 Å². The van der Waals surface area contributed by atoms with Crippen LogP contribution in [0.5, 0.6) is 0 Å². The Morgan fingerprint density at radius 1 is 1.21 bits per heavy atom. The summed E-state index contributed by atoms with van der Waals surface area (Å²) < 4.78 is 28.2. The van der Waals surface area contributed by atoms with Gasteiger partial charge < -0.3 is 15.4 Å². The highest BCUT2D eigenvalue weighted by Crippen LogP contribution is 2.31. The number of imide groups is 1. The molecule has 4 amide bonds. The van der Waals surface area contributed by atoms with Crippen molar-refractivity contribution in [2.75, 3.05) is 31.8 Å². The maximum absolute atomic E-state index is 12.8. The van der Waals surface area contributed by atoms with E-state index in [-0.39, 0.29) is 36.8 Å². The number of nitrogens with one attached hydrogen (secondary N) is 2. The smallest absolute Gasteiger partial charge is 0.325 e. The van der Waals surface area contributed by atoms with Crippen LogP contribution in [0.15, 0.2) is 24.3 Å². The molecule has 0 saturated carbocycles. The molecular formula is C18H23N3O6S. The van der Waals surface area contributed by atoms with E-state index in [0.717, 1.165) is 4.90 Å². The Bertz CT molecular complexity index is 867. The molecule has 0 unspecified atom stereocenters. The number of sulfone groups is 1. The van der Waals surface area contributed by atoms with Gasteiger partial charge in [0.05, 0.1) is 24.7 Å². The molecule has 1 aromatic rings. The minimum absolute atomic E-state index is 0.0603. The third kappa shape index (κ3) is 4.17. The average Bonchev–Trinajstić information content (AvgIpc) is 2.89. The zero-order chi connectivity index (χ0) is 20.4. The number of nitrogens with zero attached hydrogens (tertiary/aromatic N) is 1. The minimum atomic E-state index is -3.15. The molecule has 2 N–H and O–H groups in total. The number of hydrogen-bond acceptors (Lipinski definition) is 6. The van der Waals surface area contributed by atoms with E-state index in [1.54, 1.807) is 31.4 Å². The van der Waals surface area contributed by atoms with Gasteiger partial charge in [0, 0.05) is 19.2 Å². The average molecular weight is 409 g/mol. The van der Waals surface area contributed by atoms with Gasteiger partial charge in [0.25, 0.3) is 11.8 Å². The summed E-state index contributed by atoms with van der Waals surface area (Å²) in [7, 11) is -1.60. The number of carbonyl (C=O) groups is 3. The molecule has 0 radical (unpaired) electrons. The highest BCUT2D eigenvalue weighted by Gasteiger charge is 2.53. The van der Waals surface area contributed by atoms with Crippen LogP contribution in [0.2, 0.25) is 0 Å². The Hall–Kier alpha value is -2.46. The highest BCUT2D eigenvalue weighted by atomic mass is 32.2. The molecule has 1 spiro atoms. The second kappa shape index (κ2) is 7.88. The molecule has 9 nitrogen and oxygen atoms in total. The summed E-state index contributed by atoms with van der Waals surface area (Å²) in [5.41, 5.74) is 0.0345. The molecule has 0 aliphatic carbocycles. The van der Waals surface area contributed by atoms with Crippen LogP contribution in [0.25, 0.3) is 0 Å². The topological polar surface area (TPSA) is 122 Å². The molecule has 3 rings (SSSR count). The lowest BCUT2D eigenvalue weighted by Crippen LogP contribution is -2.52. The van der Waals surface area contributed by atoms with Gasteiger partial charge in [0.2, 0.25) is 0 Å². The van der Waals surface area contributed by atoms with Gasteiger partial charge in [0.1, 0.15) is 5.54 Å². The van der Waals surface area contributed by atoms with Crippen molar-refractivity contribution in [3.8, 4) is 0 Å². The largest absolute Gasteiger partial charge is 0.383 e. The second-order valence-corrected chi connectivity index (χ2v) is 9.30. The SMILES string of the molecule is COCCNC(=O)c1ccc(CN2C(=O)NC3(CCS(=O)(=O)CC3)C2=O)cc1. The van der Waals surface area contributed by atoms with Crippen LogP contribution in [-0.2, 0) is 25.9 Å². The van der Waals surface area contributed by atoms with Crippen molar-refractivity contribution in [1.29, 1.82) is 0 Å². The molecule has 2 heterocycles. The van der Waals surface area contributed by atoms with Crippen molar-refractivity contribution < 1.29 is 27.5 Å². The molecule has 0 aromatic heterocycles. The summed E-state index contributed by atoms with van der Waals surface area (Å²) in [6.07, 6.45) is 0.188. The zero-order valence-electron chi connectivity index (χ0n) is 15.6. The predicted octanol–water partition coefficient (Wildman–Crippen LogP) is 0.0620. The number of rotatable bonds is 6. The van der Waals surface area contributed by atoms with E-state index in [0.29, 0.717) is 24.3 Å². The molecule has 1 aromatic carbocycles. The Morgan fingerprint density at radius 2 is 1.86 bits per heavy atom. The number of hydrogen-bond donors (Lipinski definition) is 2. The molecule has 10 heteroatoms. The summed E-state index contributed by atoms with van der Waals surface area (Å²) in [5, 5.41) is 5.39. The van der Waals surface area contributed by atoms with Gasteiger partial charge in [-0.25, -0.2) is 13.2 Å². The van der Waals surface area contributed by atoms with E-state index in [2.05, 4.69) is 10.6 Å². The number of methoxy groups -OCH3 is 1. The number of benzene rings is 1. The summed E-state index contributed by atoms with van der Waals surface area (Å²) in [5.74, 6) is -0.853. The van der Waals surface area contributed by atoms with Gasteiger partial charge in [-0.3, -0.25) is 14.5 Å². The summed E-state index contributed by atoms with van der Waals surface area (Å²) in [4.78, 5) is 38.2. The lowest BCUT2D eigenvalue weighted by atomic mass is 9.92. The Labute approximate surface area is 163 Å². The molecule has 2 saturated heterocycles. The van der Waals surface area contributed by atoms with Gasteiger partial charge in [-0.1, -0.05) is 12.1 Å². The fourth-order valence-corrected chi connectivity index (χ4v) is 4.88. The molecule has 0 bridgehead atoms. The van der Waals surface area contributed by atoms with E-state index in [4.69, 9.17) is 4.74 Å². The van der Waals surface area contributed by atoms with Crippen molar-refractivity contribution in [3.63, 3.8) is 0 Å². The van der Waals surface area contributed by atoms with Crippen molar-refractivity contribution in [1.82, 2.24) is 15.5 Å². The molecule has 152 valence electrons. The zero-order valence-corrected chi connectivity index (χ0v) is 16.4. The Morgan fingerprint density at radius 3 is 2.46 bits per heavy atom. The maximum Gasteiger partial charge on any atom is 0.325 e. The monoisotopic (exact) mass is 409 g/mol. The first-order chi connectivity index (χ1) is 13.3. The van der Waals surface area contributed by atoms with Gasteiger partial charge in [-0.05, 0) is 30.5 Å². The van der Waals surface area contributed by atoms with Gasteiger partial charge in [0.15, 0.2) is 9.84 Å². The summed E-state index contributed by atoms with van der Waals surface area (Å²) >= 11 is 0. The molecule has 2 aliphatic rings. The van der Waals surface area contributed by atoms with Crippen molar-refractivity contribution >= 4 is 27.7 Å². The Kier molecular flexibility index (Phi) is 5.71. The van der Waals surface area contributed by atoms with Crippen molar-refractivity contribution in [2.45, 2.75) is 24.9 Å². The fourth-order valence-electron chi connectivity index (χ4n) is 3.36. The molecule has 28 heavy (non-hydrogen) atoms. The first kappa shape index (κ1) is 20.3. The highest BCUT2D eigenvalue weighted by molar-refractivity contribution is 7.91. The number of carbonyl (C=O) groups excluding carboxylic acids is 3. The minimum Gasteiger partial charge on any atom is -0.383 e. The van der Waals surface area contributed by atoms with E-state index in [1.807, 2.05) is 0 Å². The standard InChI is InChI=1S/C18H23N3O6S/c1-27-9-8-19-15(22)14-4-2-13(3-5-14)12-21-16(23)18(20-17(21)24)6-10-28(25,26)11-7-18/h2-5H,6-12H2,1H3,(H,19,22)(H,20,24). The lowest BCUT2D eigenvalue weighted by molar-refractivity contribution is -0.132. The third-order valence-electron chi connectivity index (χ3n) is 5.07. The Balaban J connectivity index is 1.64. The fraction of sp³-hybridized carbons (Fsp3) is 0.500. The lowest BCUT2D eigenvalue weighted by Gasteiger charge is -2.30. The number of urea groups is 1. The third-order valence-corrected chi connectivity index (χ3v) is 6.73. The summed E-state index contributed by atoms with van der Waals surface area (Å²) in [6.45, 7) is 0.876. The van der Waals surface area contributed by atoms with Crippen LogP contribution in [0.4, 0.5) is 4.79 Å². The number of amides is 4. The first-order valence-electron chi connectivity index (χ1n) is 8.97. The van der Waals surface area contributed by atoms with Crippen LogP contribution < -0.4 is 10.6 Å². The van der Waals surface area contributed by atoms with E-state index >= 15 is 0 Å². The number of ether oxygens (including phenoxy) is 1. The van der Waals surface area contributed by atoms with Crippen LogP contribution in [-0.4, -0.2) is 68.5 Å². The van der Waals surface area contributed by atoms with Crippen LogP contribution in [0.3, 0.4) is 0 Å². The molecule has 2 fully saturated rings. The summed E-state index contributed by atoms with van der Waals surface area (Å²) in [6, 6.07) is 6.09. The van der Waals surface area contributed by atoms with Gasteiger partial charge in [-0.15, -0.1) is 0 Å². The van der Waals surface area contributed by atoms with E-state index in [9.17, 15) is 22.8 Å². The normalized spacial score (nSPS) is 20.2. The second-order valence-electron chi connectivity index (χ2n) is 7.00. The van der Waals surface area contributed by atoms with Crippen LogP contribution in [0.1, 0.15) is 28.8 Å². The maximum atomic E-state index is 12.8. The van der Waals surface area contributed by atoms with Gasteiger partial charge in [-0.2, -0.15) is 0 Å². The van der Waals surface area contributed by atoms with Crippen LogP contribution >= 0.6 is 0 Å². The quantitative estimate of drug-likeness (QED) is 0.506. The van der Waals surface area contributed by atoms with E-state index in [1.165, 1.54) is 0 Å². The van der Waals surface area contributed by atoms with Crippen molar-refractivity contribution in [2.24, 2.45) is 0 Å². The van der Waals surface area contributed by atoms with Crippen LogP contribution in [0, 0.1) is 0 Å². The first-order valence-corrected chi connectivity index (χ1v) is 10.8. The molecular weight excluding hydrogens is 386 g/mol. The van der Waals surface area contributed by atoms with E-state index < -0.39 is 27.3 Å². The predicted molar refractivity (Wildman–Crippen MR) is 100 cm³/mol.